The minimum atomic E-state index is -4.83. The average molecular weight is 449 g/mol. The highest BCUT2D eigenvalue weighted by molar-refractivity contribution is 6.23. The van der Waals surface area contributed by atoms with E-state index in [4.69, 9.17) is 10.00 Å². The van der Waals surface area contributed by atoms with Crippen LogP contribution in [0.3, 0.4) is 0 Å². The molecular formula is C22H22F3N3O4. The first kappa shape index (κ1) is 22.3. The van der Waals surface area contributed by atoms with Crippen LogP contribution in [0.5, 0.6) is 0 Å². The van der Waals surface area contributed by atoms with Gasteiger partial charge in [-0.15, -0.1) is 0 Å². The third-order valence-electron chi connectivity index (χ3n) is 7.17. The number of halogens is 3. The molecule has 0 aliphatic carbocycles. The Morgan fingerprint density at radius 1 is 1.28 bits per heavy atom. The Balaban J connectivity index is 1.77. The van der Waals surface area contributed by atoms with E-state index in [0.29, 0.717) is 12.6 Å². The van der Waals surface area contributed by atoms with Crippen LogP contribution in [-0.2, 0) is 25.3 Å². The zero-order valence-electron chi connectivity index (χ0n) is 18.0. The van der Waals surface area contributed by atoms with E-state index in [9.17, 15) is 27.6 Å². The smallest absolute Gasteiger partial charge is 0.367 e. The van der Waals surface area contributed by atoms with Gasteiger partial charge >= 0.3 is 6.18 Å². The van der Waals surface area contributed by atoms with Gasteiger partial charge < -0.3 is 9.64 Å². The van der Waals surface area contributed by atoms with Gasteiger partial charge in [0.1, 0.15) is 0 Å². The topological polar surface area (TPSA) is 90.7 Å². The van der Waals surface area contributed by atoms with Crippen molar-refractivity contribution in [3.63, 3.8) is 0 Å². The number of nitriles is 1. The Morgan fingerprint density at radius 2 is 1.91 bits per heavy atom. The molecule has 170 valence electrons. The number of amides is 3. The number of rotatable bonds is 3. The van der Waals surface area contributed by atoms with Crippen molar-refractivity contribution in [1.29, 1.82) is 5.26 Å². The second-order valence-electron chi connectivity index (χ2n) is 9.01. The molecule has 0 spiro atoms. The summed E-state index contributed by atoms with van der Waals surface area (Å²) in [6, 6.07) is 4.24. The maximum absolute atomic E-state index is 13.4. The molecule has 4 rings (SSSR count). The van der Waals surface area contributed by atoms with E-state index < -0.39 is 58.1 Å². The second-order valence-corrected chi connectivity index (χ2v) is 9.01. The van der Waals surface area contributed by atoms with Crippen LogP contribution < -0.4 is 4.90 Å². The van der Waals surface area contributed by atoms with E-state index in [1.165, 1.54) is 11.0 Å². The Bertz CT molecular complexity index is 1080. The van der Waals surface area contributed by atoms with Crippen LogP contribution in [0.1, 0.15) is 38.3 Å². The quantitative estimate of drug-likeness (QED) is 0.662. The normalized spacial score (nSPS) is 33.4. The molecule has 0 aromatic heterocycles. The van der Waals surface area contributed by atoms with Crippen molar-refractivity contribution in [3.8, 4) is 6.07 Å². The molecule has 2 bridgehead atoms. The lowest BCUT2D eigenvalue weighted by atomic mass is 9.63. The Labute approximate surface area is 182 Å². The molecule has 0 unspecified atom stereocenters. The number of hydrogen-bond donors (Lipinski definition) is 0. The summed E-state index contributed by atoms with van der Waals surface area (Å²) >= 11 is 0. The lowest BCUT2D eigenvalue weighted by Gasteiger charge is -2.36. The molecule has 32 heavy (non-hydrogen) atoms. The zero-order chi connectivity index (χ0) is 23.8. The number of benzene rings is 1. The summed E-state index contributed by atoms with van der Waals surface area (Å²) < 4.78 is 46.4. The molecule has 10 heteroatoms. The molecule has 5 atom stereocenters. The molecule has 3 fully saturated rings. The fourth-order valence-electron chi connectivity index (χ4n) is 5.57. The van der Waals surface area contributed by atoms with Gasteiger partial charge in [-0.2, -0.15) is 18.4 Å². The van der Waals surface area contributed by atoms with Crippen LogP contribution in [0.4, 0.5) is 18.9 Å². The predicted molar refractivity (Wildman–Crippen MR) is 105 cm³/mol. The van der Waals surface area contributed by atoms with Gasteiger partial charge in [-0.3, -0.25) is 14.4 Å². The summed E-state index contributed by atoms with van der Waals surface area (Å²) in [7, 11) is 1.64. The SMILES string of the molecule is CCN(C)C(=O)[C@@H]1C[C@]2(C)O[C@@]1(C)[C@@H]1C(=O)N(c3ccc(C#N)c(C(F)(F)F)c3)C(=O)[C@@H]12. The molecule has 3 saturated heterocycles. The minimum Gasteiger partial charge on any atom is -0.367 e. The van der Waals surface area contributed by atoms with Crippen molar-refractivity contribution >= 4 is 23.4 Å². The lowest BCUT2D eigenvalue weighted by Crippen LogP contribution is -2.51. The number of nitrogens with zero attached hydrogens (tertiary/aromatic N) is 3. The predicted octanol–water partition coefficient (Wildman–Crippen LogP) is 2.73. The molecule has 3 heterocycles. The third kappa shape index (κ3) is 2.80. The number of carbonyl (C=O) groups excluding carboxylic acids is 3. The summed E-state index contributed by atoms with van der Waals surface area (Å²) in [6.45, 7) is 5.57. The van der Waals surface area contributed by atoms with Crippen LogP contribution in [0, 0.1) is 29.1 Å². The third-order valence-corrected chi connectivity index (χ3v) is 7.17. The van der Waals surface area contributed by atoms with Crippen molar-refractivity contribution in [2.45, 2.75) is 44.6 Å². The number of alkyl halides is 3. The van der Waals surface area contributed by atoms with Crippen molar-refractivity contribution in [2.75, 3.05) is 18.5 Å². The van der Waals surface area contributed by atoms with E-state index >= 15 is 0 Å². The van der Waals surface area contributed by atoms with Gasteiger partial charge in [0.2, 0.25) is 17.7 Å². The fourth-order valence-corrected chi connectivity index (χ4v) is 5.57. The first-order valence-electron chi connectivity index (χ1n) is 10.2. The molecule has 1 aromatic carbocycles. The molecular weight excluding hydrogens is 427 g/mol. The Morgan fingerprint density at radius 3 is 2.47 bits per heavy atom. The monoisotopic (exact) mass is 449 g/mol. The minimum absolute atomic E-state index is 0.200. The number of ether oxygens (including phenoxy) is 1. The van der Waals surface area contributed by atoms with Crippen LogP contribution in [-0.4, -0.2) is 47.4 Å². The first-order chi connectivity index (χ1) is 14.8. The molecule has 0 saturated carbocycles. The van der Waals surface area contributed by atoms with Crippen LogP contribution in [0.2, 0.25) is 0 Å². The van der Waals surface area contributed by atoms with Crippen LogP contribution in [0.15, 0.2) is 18.2 Å². The van der Waals surface area contributed by atoms with Crippen molar-refractivity contribution in [3.05, 3.63) is 29.3 Å². The molecule has 3 amide bonds. The van der Waals surface area contributed by atoms with E-state index in [0.717, 1.165) is 17.0 Å². The standard InChI is InChI=1S/C22H22F3N3O4/c1-5-27(4)17(29)14-9-20(2)15-16(21(14,3)32-20)19(31)28(18(15)30)12-7-6-11(10-26)13(8-12)22(23,24)25/h6-8,14-16H,5,9H2,1-4H3/t14-,15+,16-,20-,21+/m0/s1. The van der Waals surface area contributed by atoms with E-state index in [1.54, 1.807) is 20.9 Å². The van der Waals surface area contributed by atoms with Gasteiger partial charge in [0.15, 0.2) is 0 Å². The average Bonchev–Trinajstić information content (AvgIpc) is 3.26. The van der Waals surface area contributed by atoms with Crippen molar-refractivity contribution in [1.82, 2.24) is 4.90 Å². The van der Waals surface area contributed by atoms with Gasteiger partial charge in [-0.05, 0) is 45.4 Å². The Kier molecular flexibility index (Phi) is 4.72. The summed E-state index contributed by atoms with van der Waals surface area (Å²) in [5.74, 6) is -4.09. The van der Waals surface area contributed by atoms with E-state index in [2.05, 4.69) is 0 Å². The Hall–Kier alpha value is -2.93. The van der Waals surface area contributed by atoms with Gasteiger partial charge in [0, 0.05) is 13.6 Å². The van der Waals surface area contributed by atoms with Gasteiger partial charge in [-0.25, -0.2) is 4.90 Å². The maximum Gasteiger partial charge on any atom is 0.417 e. The maximum atomic E-state index is 13.4. The lowest BCUT2D eigenvalue weighted by molar-refractivity contribution is -0.144. The molecule has 3 aliphatic heterocycles. The highest BCUT2D eigenvalue weighted by Gasteiger charge is 2.77. The summed E-state index contributed by atoms with van der Waals surface area (Å²) in [5.41, 5.74) is -4.41. The first-order valence-corrected chi connectivity index (χ1v) is 10.2. The van der Waals surface area contributed by atoms with E-state index in [1.807, 2.05) is 6.92 Å². The number of anilines is 1. The molecule has 3 aliphatic rings. The number of hydrogen-bond acceptors (Lipinski definition) is 5. The number of fused-ring (bicyclic) bond motifs is 5. The summed E-state index contributed by atoms with van der Waals surface area (Å²) in [6.07, 6.45) is -4.59. The van der Waals surface area contributed by atoms with Crippen molar-refractivity contribution < 1.29 is 32.3 Å². The highest BCUT2D eigenvalue weighted by atomic mass is 19.4. The zero-order valence-corrected chi connectivity index (χ0v) is 18.0. The van der Waals surface area contributed by atoms with Gasteiger partial charge in [0.25, 0.3) is 0 Å². The molecule has 7 nitrogen and oxygen atoms in total. The molecule has 1 aromatic rings. The van der Waals surface area contributed by atoms with Crippen LogP contribution in [0.25, 0.3) is 0 Å². The summed E-state index contributed by atoms with van der Waals surface area (Å²) in [5, 5.41) is 9.02. The number of carbonyl (C=O) groups is 3. The molecule has 0 N–H and O–H groups in total. The highest BCUT2D eigenvalue weighted by Crippen LogP contribution is 2.63. The fraction of sp³-hybridized carbons (Fsp3) is 0.545. The van der Waals surface area contributed by atoms with Crippen LogP contribution >= 0.6 is 0 Å². The van der Waals surface area contributed by atoms with Gasteiger partial charge in [-0.1, -0.05) is 0 Å². The second kappa shape index (κ2) is 6.78. The van der Waals surface area contributed by atoms with E-state index in [-0.39, 0.29) is 18.0 Å². The summed E-state index contributed by atoms with van der Waals surface area (Å²) in [4.78, 5) is 41.9. The van der Waals surface area contributed by atoms with Gasteiger partial charge in [0.05, 0.1) is 51.8 Å². The molecule has 0 radical (unpaired) electrons. The van der Waals surface area contributed by atoms with Crippen molar-refractivity contribution in [2.24, 2.45) is 17.8 Å². The number of imide groups is 1. The largest absolute Gasteiger partial charge is 0.417 e.